The fourth-order valence-corrected chi connectivity index (χ4v) is 1.61. The van der Waals surface area contributed by atoms with Crippen LogP contribution < -0.4 is 10.6 Å². The lowest BCUT2D eigenvalue weighted by Crippen LogP contribution is -2.46. The third-order valence-electron chi connectivity index (χ3n) is 1.99. The molecule has 0 saturated carbocycles. The molecule has 0 spiro atoms. The van der Waals surface area contributed by atoms with E-state index in [1.807, 2.05) is 13.2 Å². The quantitative estimate of drug-likeness (QED) is 0.566. The lowest BCUT2D eigenvalue weighted by atomic mass is 10.2. The number of aliphatic carboxylic acids is 1. The monoisotopic (exact) mass is 248 g/mol. The van der Waals surface area contributed by atoms with Crippen LogP contribution in [0, 0.1) is 0 Å². The first-order valence-corrected chi connectivity index (χ1v) is 6.77. The maximum atomic E-state index is 11.3. The SMILES string of the molecule is CCC[C@@H](NC(=O)NCCCSC)C(=O)O. The van der Waals surface area contributed by atoms with Gasteiger partial charge in [-0.2, -0.15) is 11.8 Å². The summed E-state index contributed by atoms with van der Waals surface area (Å²) < 4.78 is 0. The Bertz CT molecular complexity index is 224. The normalized spacial score (nSPS) is 11.9. The van der Waals surface area contributed by atoms with E-state index >= 15 is 0 Å². The van der Waals surface area contributed by atoms with Gasteiger partial charge in [0.1, 0.15) is 6.04 Å². The number of carbonyl (C=O) groups is 2. The van der Waals surface area contributed by atoms with Crippen LogP contribution in [0.4, 0.5) is 4.79 Å². The first kappa shape index (κ1) is 15.1. The highest BCUT2D eigenvalue weighted by Crippen LogP contribution is 1.97. The molecule has 0 aromatic carbocycles. The number of carbonyl (C=O) groups excluding carboxylic acids is 1. The van der Waals surface area contributed by atoms with E-state index in [0.717, 1.165) is 18.6 Å². The van der Waals surface area contributed by atoms with Crippen LogP contribution >= 0.6 is 11.8 Å². The molecule has 0 aliphatic rings. The Morgan fingerprint density at radius 3 is 2.62 bits per heavy atom. The summed E-state index contributed by atoms with van der Waals surface area (Å²) >= 11 is 1.71. The van der Waals surface area contributed by atoms with Gasteiger partial charge in [0.2, 0.25) is 0 Å². The predicted molar refractivity (Wildman–Crippen MR) is 65.9 cm³/mol. The highest BCUT2D eigenvalue weighted by Gasteiger charge is 2.17. The van der Waals surface area contributed by atoms with Gasteiger partial charge in [-0.1, -0.05) is 13.3 Å². The summed E-state index contributed by atoms with van der Waals surface area (Å²) in [7, 11) is 0. The summed E-state index contributed by atoms with van der Waals surface area (Å²) in [6, 6.07) is -1.19. The summed E-state index contributed by atoms with van der Waals surface area (Å²) in [5.74, 6) is -0.00135. The average Bonchev–Trinajstić information content (AvgIpc) is 2.23. The van der Waals surface area contributed by atoms with Crippen LogP contribution in [0.25, 0.3) is 0 Å². The van der Waals surface area contributed by atoms with E-state index in [1.54, 1.807) is 11.8 Å². The first-order valence-electron chi connectivity index (χ1n) is 5.38. The third-order valence-corrected chi connectivity index (χ3v) is 2.69. The van der Waals surface area contributed by atoms with Gasteiger partial charge in [0.05, 0.1) is 0 Å². The molecule has 16 heavy (non-hydrogen) atoms. The molecule has 0 heterocycles. The molecule has 0 rings (SSSR count). The summed E-state index contributed by atoms with van der Waals surface area (Å²) in [5, 5.41) is 13.9. The molecule has 0 aliphatic heterocycles. The molecule has 3 N–H and O–H groups in total. The van der Waals surface area contributed by atoms with Crippen LogP contribution in [0.1, 0.15) is 26.2 Å². The van der Waals surface area contributed by atoms with Crippen LogP contribution in [0.2, 0.25) is 0 Å². The zero-order chi connectivity index (χ0) is 12.4. The van der Waals surface area contributed by atoms with Crippen molar-refractivity contribution in [1.29, 1.82) is 0 Å². The molecule has 6 heteroatoms. The molecule has 1 atom stereocenters. The molecule has 0 unspecified atom stereocenters. The zero-order valence-corrected chi connectivity index (χ0v) is 10.6. The fraction of sp³-hybridized carbons (Fsp3) is 0.800. The third kappa shape index (κ3) is 7.39. The van der Waals surface area contributed by atoms with E-state index in [4.69, 9.17) is 5.11 Å². The lowest BCUT2D eigenvalue weighted by Gasteiger charge is -2.14. The second-order valence-corrected chi connectivity index (χ2v) is 4.41. The number of nitrogens with one attached hydrogen (secondary N) is 2. The topological polar surface area (TPSA) is 78.4 Å². The molecule has 0 bridgehead atoms. The predicted octanol–water partition coefficient (Wildman–Crippen LogP) is 1.29. The maximum absolute atomic E-state index is 11.3. The van der Waals surface area contributed by atoms with E-state index < -0.39 is 18.0 Å². The Kier molecular flexibility index (Phi) is 8.80. The minimum atomic E-state index is -0.985. The zero-order valence-electron chi connectivity index (χ0n) is 9.78. The molecule has 0 aromatic heterocycles. The van der Waals surface area contributed by atoms with Crippen molar-refractivity contribution in [2.45, 2.75) is 32.2 Å². The molecule has 94 valence electrons. The molecule has 0 saturated heterocycles. The summed E-state index contributed by atoms with van der Waals surface area (Å²) in [6.45, 7) is 2.46. The number of thioether (sulfide) groups is 1. The molecule has 0 radical (unpaired) electrons. The number of amides is 2. The Balaban J connectivity index is 3.77. The molecular weight excluding hydrogens is 228 g/mol. The molecule has 5 nitrogen and oxygen atoms in total. The van der Waals surface area contributed by atoms with Gasteiger partial charge in [0.25, 0.3) is 0 Å². The Hall–Kier alpha value is -0.910. The molecular formula is C10H20N2O3S. The van der Waals surface area contributed by atoms with Gasteiger partial charge in [-0.25, -0.2) is 9.59 Å². The molecule has 0 aromatic rings. The van der Waals surface area contributed by atoms with Gasteiger partial charge in [0, 0.05) is 6.54 Å². The van der Waals surface area contributed by atoms with E-state index in [9.17, 15) is 9.59 Å². The van der Waals surface area contributed by atoms with Gasteiger partial charge >= 0.3 is 12.0 Å². The Morgan fingerprint density at radius 2 is 2.12 bits per heavy atom. The van der Waals surface area contributed by atoms with Crippen molar-refractivity contribution in [3.8, 4) is 0 Å². The molecule has 0 fully saturated rings. The van der Waals surface area contributed by atoms with Crippen LogP contribution in [0.5, 0.6) is 0 Å². The lowest BCUT2D eigenvalue weighted by molar-refractivity contribution is -0.139. The van der Waals surface area contributed by atoms with Gasteiger partial charge in [-0.15, -0.1) is 0 Å². The average molecular weight is 248 g/mol. The van der Waals surface area contributed by atoms with Gasteiger partial charge < -0.3 is 15.7 Å². The molecule has 0 aliphatic carbocycles. The van der Waals surface area contributed by atoms with Gasteiger partial charge in [-0.05, 0) is 24.9 Å². The van der Waals surface area contributed by atoms with E-state index in [0.29, 0.717) is 13.0 Å². The van der Waals surface area contributed by atoms with Crippen molar-refractivity contribution >= 4 is 23.8 Å². The molecule has 2 amide bonds. The van der Waals surface area contributed by atoms with Crippen molar-refractivity contribution in [3.05, 3.63) is 0 Å². The highest BCUT2D eigenvalue weighted by molar-refractivity contribution is 7.98. The number of carboxylic acids is 1. The van der Waals surface area contributed by atoms with Crippen molar-refractivity contribution in [2.24, 2.45) is 0 Å². The second kappa shape index (κ2) is 9.33. The summed E-state index contributed by atoms with van der Waals surface area (Å²) in [5.41, 5.74) is 0. The highest BCUT2D eigenvalue weighted by atomic mass is 32.2. The minimum absolute atomic E-state index is 0.401. The van der Waals surface area contributed by atoms with Gasteiger partial charge in [-0.3, -0.25) is 0 Å². The maximum Gasteiger partial charge on any atom is 0.326 e. The van der Waals surface area contributed by atoms with Crippen molar-refractivity contribution in [2.75, 3.05) is 18.6 Å². The van der Waals surface area contributed by atoms with Crippen LogP contribution in [-0.4, -0.2) is 41.7 Å². The Labute approximate surface area is 100 Å². The van der Waals surface area contributed by atoms with Crippen LogP contribution in [0.15, 0.2) is 0 Å². The standard InChI is InChI=1S/C10H20N2O3S/c1-3-5-8(9(13)14)12-10(15)11-6-4-7-16-2/h8H,3-7H2,1-2H3,(H,13,14)(H2,11,12,15)/t8-/m1/s1. The summed E-state index contributed by atoms with van der Waals surface area (Å²) in [4.78, 5) is 22.1. The number of hydrogen-bond donors (Lipinski definition) is 3. The van der Waals surface area contributed by atoms with Crippen LogP contribution in [0.3, 0.4) is 0 Å². The van der Waals surface area contributed by atoms with Gasteiger partial charge in [0.15, 0.2) is 0 Å². The number of urea groups is 1. The van der Waals surface area contributed by atoms with E-state index in [1.165, 1.54) is 0 Å². The largest absolute Gasteiger partial charge is 0.480 e. The van der Waals surface area contributed by atoms with Crippen LogP contribution in [-0.2, 0) is 4.79 Å². The smallest absolute Gasteiger partial charge is 0.326 e. The first-order chi connectivity index (χ1) is 7.61. The van der Waals surface area contributed by atoms with Crippen molar-refractivity contribution in [3.63, 3.8) is 0 Å². The second-order valence-electron chi connectivity index (χ2n) is 3.43. The minimum Gasteiger partial charge on any atom is -0.480 e. The van der Waals surface area contributed by atoms with Crippen molar-refractivity contribution in [1.82, 2.24) is 10.6 Å². The number of carboxylic acid groups (broad SMARTS) is 1. The number of hydrogen-bond acceptors (Lipinski definition) is 3. The Morgan fingerprint density at radius 1 is 1.44 bits per heavy atom. The van der Waals surface area contributed by atoms with E-state index in [2.05, 4.69) is 10.6 Å². The fourth-order valence-electron chi connectivity index (χ4n) is 1.17. The van der Waals surface area contributed by atoms with E-state index in [-0.39, 0.29) is 0 Å². The number of rotatable bonds is 8. The summed E-state index contributed by atoms with van der Waals surface area (Å²) in [6.07, 6.45) is 4.07. The van der Waals surface area contributed by atoms with Crippen molar-refractivity contribution < 1.29 is 14.7 Å².